The molecule has 0 unspecified atom stereocenters. The predicted octanol–water partition coefficient (Wildman–Crippen LogP) is -1.94. The molecule has 90 valence electrons. The molecule has 2 saturated heterocycles. The van der Waals surface area contributed by atoms with Crippen LogP contribution in [-0.2, 0) is 9.59 Å². The van der Waals surface area contributed by atoms with Crippen LogP contribution < -0.4 is 10.6 Å². The number of rotatable bonds is 2. The van der Waals surface area contributed by atoms with Crippen molar-refractivity contribution >= 4 is 11.8 Å². The fraction of sp³-hybridized carbons (Fsp3) is 0.800. The summed E-state index contributed by atoms with van der Waals surface area (Å²) in [4.78, 5) is 24.6. The molecule has 6 heteroatoms. The first-order valence-electron chi connectivity index (χ1n) is 5.54. The van der Waals surface area contributed by atoms with E-state index in [1.54, 1.807) is 11.9 Å². The van der Waals surface area contributed by atoms with Gasteiger partial charge in [0.05, 0.1) is 12.1 Å². The monoisotopic (exact) mass is 227 g/mol. The molecule has 0 radical (unpaired) electrons. The van der Waals surface area contributed by atoms with Gasteiger partial charge in [-0.05, 0) is 6.42 Å². The van der Waals surface area contributed by atoms with Crippen LogP contribution in [-0.4, -0.2) is 60.1 Å². The molecule has 2 heterocycles. The highest BCUT2D eigenvalue weighted by atomic mass is 16.3. The minimum Gasteiger partial charge on any atom is -0.390 e. The number of aliphatic hydroxyl groups excluding tert-OH is 1. The van der Waals surface area contributed by atoms with Crippen molar-refractivity contribution in [2.45, 2.75) is 31.0 Å². The standard InChI is InChI=1S/C10H17N3O3/c1-13(7-4-11-5-8(7)14)10(16)6-2-3-9(15)12-6/h6-8,11,14H,2-5H2,1H3,(H,12,15)/t6-,7+,8+/m0/s1. The summed E-state index contributed by atoms with van der Waals surface area (Å²) in [6, 6.07) is -0.602. The lowest BCUT2D eigenvalue weighted by Crippen LogP contribution is -2.50. The summed E-state index contributed by atoms with van der Waals surface area (Å²) in [5, 5.41) is 15.3. The lowest BCUT2D eigenvalue weighted by Gasteiger charge is -2.28. The molecular weight excluding hydrogens is 210 g/mol. The van der Waals surface area contributed by atoms with Gasteiger partial charge in [0.1, 0.15) is 6.04 Å². The SMILES string of the molecule is CN(C(=O)[C@@H]1CCC(=O)N1)[C@@H]1CNC[C@H]1O. The van der Waals surface area contributed by atoms with E-state index >= 15 is 0 Å². The summed E-state index contributed by atoms with van der Waals surface area (Å²) in [5.74, 6) is -0.185. The minimum atomic E-state index is -0.522. The van der Waals surface area contributed by atoms with E-state index in [4.69, 9.17) is 0 Å². The van der Waals surface area contributed by atoms with E-state index in [1.807, 2.05) is 0 Å². The largest absolute Gasteiger partial charge is 0.390 e. The molecule has 2 amide bonds. The Morgan fingerprint density at radius 3 is 2.75 bits per heavy atom. The second kappa shape index (κ2) is 4.39. The maximum Gasteiger partial charge on any atom is 0.245 e. The molecule has 2 rings (SSSR count). The zero-order chi connectivity index (χ0) is 11.7. The van der Waals surface area contributed by atoms with Crippen molar-refractivity contribution in [3.8, 4) is 0 Å². The van der Waals surface area contributed by atoms with Crippen LogP contribution >= 0.6 is 0 Å². The Kier molecular flexibility index (Phi) is 3.11. The average molecular weight is 227 g/mol. The number of likely N-dealkylation sites (N-methyl/N-ethyl adjacent to an activating group) is 1. The van der Waals surface area contributed by atoms with Crippen molar-refractivity contribution in [2.75, 3.05) is 20.1 Å². The highest BCUT2D eigenvalue weighted by Gasteiger charge is 2.36. The fourth-order valence-electron chi connectivity index (χ4n) is 2.25. The molecule has 0 saturated carbocycles. The van der Waals surface area contributed by atoms with Gasteiger partial charge in [0, 0.05) is 26.6 Å². The number of nitrogens with one attached hydrogen (secondary N) is 2. The Labute approximate surface area is 94.0 Å². The van der Waals surface area contributed by atoms with Crippen molar-refractivity contribution in [3.05, 3.63) is 0 Å². The lowest BCUT2D eigenvalue weighted by atomic mass is 10.1. The number of β-amino-alcohol motifs (C(OH)–C–C–N with tert-alkyl or cyclic N) is 1. The van der Waals surface area contributed by atoms with Gasteiger partial charge in [-0.25, -0.2) is 0 Å². The van der Waals surface area contributed by atoms with Crippen LogP contribution in [0.25, 0.3) is 0 Å². The molecule has 2 aliphatic rings. The van der Waals surface area contributed by atoms with Crippen LogP contribution in [0.3, 0.4) is 0 Å². The van der Waals surface area contributed by atoms with Gasteiger partial charge in [-0.1, -0.05) is 0 Å². The molecule has 0 bridgehead atoms. The molecule has 0 aliphatic carbocycles. The van der Waals surface area contributed by atoms with Gasteiger partial charge < -0.3 is 20.6 Å². The predicted molar refractivity (Wildman–Crippen MR) is 56.6 cm³/mol. The number of carbonyl (C=O) groups is 2. The topological polar surface area (TPSA) is 81.7 Å². The van der Waals surface area contributed by atoms with Crippen LogP contribution in [0, 0.1) is 0 Å². The fourth-order valence-corrected chi connectivity index (χ4v) is 2.25. The Hall–Kier alpha value is -1.14. The summed E-state index contributed by atoms with van der Waals surface area (Å²) in [6.45, 7) is 1.11. The van der Waals surface area contributed by atoms with E-state index in [0.29, 0.717) is 25.9 Å². The first kappa shape index (κ1) is 11.3. The third-order valence-electron chi connectivity index (χ3n) is 3.29. The average Bonchev–Trinajstić information content (AvgIpc) is 2.85. The Bertz CT molecular complexity index is 308. The van der Waals surface area contributed by atoms with Crippen molar-refractivity contribution < 1.29 is 14.7 Å². The number of hydrogen-bond donors (Lipinski definition) is 3. The van der Waals surface area contributed by atoms with Crippen molar-refractivity contribution in [1.82, 2.24) is 15.5 Å². The van der Waals surface area contributed by atoms with Crippen LogP contribution in [0.2, 0.25) is 0 Å². The quantitative estimate of drug-likeness (QED) is 0.512. The molecule has 3 atom stereocenters. The molecule has 0 spiro atoms. The first-order valence-corrected chi connectivity index (χ1v) is 5.54. The zero-order valence-corrected chi connectivity index (χ0v) is 9.27. The number of amides is 2. The number of aliphatic hydroxyl groups is 1. The third kappa shape index (κ3) is 2.03. The normalized spacial score (nSPS) is 33.9. The van der Waals surface area contributed by atoms with Crippen LogP contribution in [0.1, 0.15) is 12.8 Å². The highest BCUT2D eigenvalue weighted by Crippen LogP contribution is 2.13. The molecule has 16 heavy (non-hydrogen) atoms. The van der Waals surface area contributed by atoms with E-state index in [0.717, 1.165) is 0 Å². The maximum atomic E-state index is 12.0. The van der Waals surface area contributed by atoms with Gasteiger partial charge in [-0.2, -0.15) is 0 Å². The van der Waals surface area contributed by atoms with Crippen LogP contribution in [0.4, 0.5) is 0 Å². The first-order chi connectivity index (χ1) is 7.59. The maximum absolute atomic E-state index is 12.0. The molecule has 0 aromatic rings. The second-order valence-corrected chi connectivity index (χ2v) is 4.40. The second-order valence-electron chi connectivity index (χ2n) is 4.40. The van der Waals surface area contributed by atoms with Crippen molar-refractivity contribution in [3.63, 3.8) is 0 Å². The molecular formula is C10H17N3O3. The summed E-state index contributed by atoms with van der Waals surface area (Å²) in [5.41, 5.74) is 0. The van der Waals surface area contributed by atoms with Gasteiger partial charge >= 0.3 is 0 Å². The lowest BCUT2D eigenvalue weighted by molar-refractivity contribution is -0.136. The molecule has 6 nitrogen and oxygen atoms in total. The van der Waals surface area contributed by atoms with E-state index in [2.05, 4.69) is 10.6 Å². The smallest absolute Gasteiger partial charge is 0.245 e. The van der Waals surface area contributed by atoms with Crippen molar-refractivity contribution in [1.29, 1.82) is 0 Å². The molecule has 3 N–H and O–H groups in total. The number of hydrogen-bond acceptors (Lipinski definition) is 4. The van der Waals surface area contributed by atoms with Crippen LogP contribution in [0.15, 0.2) is 0 Å². The summed E-state index contributed by atoms with van der Waals surface area (Å²) in [6.07, 6.45) is 0.444. The van der Waals surface area contributed by atoms with Gasteiger partial charge in [0.25, 0.3) is 0 Å². The molecule has 2 aliphatic heterocycles. The molecule has 0 aromatic heterocycles. The molecule has 0 aromatic carbocycles. The van der Waals surface area contributed by atoms with E-state index in [1.165, 1.54) is 0 Å². The van der Waals surface area contributed by atoms with E-state index < -0.39 is 12.1 Å². The Balaban J connectivity index is 1.96. The third-order valence-corrected chi connectivity index (χ3v) is 3.29. The van der Waals surface area contributed by atoms with E-state index in [9.17, 15) is 14.7 Å². The van der Waals surface area contributed by atoms with Crippen LogP contribution in [0.5, 0.6) is 0 Å². The van der Waals surface area contributed by atoms with Gasteiger partial charge in [-0.3, -0.25) is 9.59 Å². The minimum absolute atomic E-state index is 0.0724. The number of nitrogens with zero attached hydrogens (tertiary/aromatic N) is 1. The van der Waals surface area contributed by atoms with Gasteiger partial charge in [-0.15, -0.1) is 0 Å². The Morgan fingerprint density at radius 2 is 2.25 bits per heavy atom. The number of carbonyl (C=O) groups excluding carboxylic acids is 2. The molecule has 2 fully saturated rings. The summed E-state index contributed by atoms with van der Waals surface area (Å²) < 4.78 is 0. The van der Waals surface area contributed by atoms with Crippen molar-refractivity contribution in [2.24, 2.45) is 0 Å². The van der Waals surface area contributed by atoms with E-state index in [-0.39, 0.29) is 17.9 Å². The highest BCUT2D eigenvalue weighted by molar-refractivity contribution is 5.90. The summed E-state index contributed by atoms with van der Waals surface area (Å²) >= 11 is 0. The van der Waals surface area contributed by atoms with Gasteiger partial charge in [0.15, 0.2) is 0 Å². The summed E-state index contributed by atoms with van der Waals surface area (Å²) in [7, 11) is 1.67. The van der Waals surface area contributed by atoms with Gasteiger partial charge in [0.2, 0.25) is 11.8 Å². The Morgan fingerprint density at radius 1 is 1.50 bits per heavy atom. The zero-order valence-electron chi connectivity index (χ0n) is 9.27.